The maximum absolute atomic E-state index is 12.8. The zero-order valence-electron chi connectivity index (χ0n) is 18.5. The van der Waals surface area contributed by atoms with Gasteiger partial charge in [0.2, 0.25) is 11.9 Å². The van der Waals surface area contributed by atoms with Crippen LogP contribution in [0.1, 0.15) is 11.1 Å². The number of carbonyl (C=O) groups excluding carboxylic acids is 1. The lowest BCUT2D eigenvalue weighted by Crippen LogP contribution is -2.37. The molecule has 0 aliphatic carbocycles. The maximum Gasteiger partial charge on any atom is 0.416 e. The van der Waals surface area contributed by atoms with Crippen LogP contribution in [0.25, 0.3) is 0 Å². The molecule has 2 aliphatic rings. The Bertz CT molecular complexity index is 979. The van der Waals surface area contributed by atoms with Gasteiger partial charge in [-0.15, -0.1) is 0 Å². The molecule has 182 valence electrons. The van der Waals surface area contributed by atoms with E-state index in [0.717, 1.165) is 30.9 Å². The third-order valence-corrected chi connectivity index (χ3v) is 5.83. The van der Waals surface area contributed by atoms with E-state index in [-0.39, 0.29) is 18.6 Å². The molecule has 1 aromatic carbocycles. The molecule has 2 unspecified atom stereocenters. The van der Waals surface area contributed by atoms with E-state index in [0.29, 0.717) is 37.8 Å². The molecule has 0 bridgehead atoms. The molecule has 2 aromatic rings. The number of morpholine rings is 1. The third kappa shape index (κ3) is 5.84. The highest BCUT2D eigenvalue weighted by Gasteiger charge is 2.36. The number of carbonyl (C=O) groups is 1. The average Bonchev–Trinajstić information content (AvgIpc) is 3.25. The van der Waals surface area contributed by atoms with Gasteiger partial charge in [0, 0.05) is 26.2 Å². The summed E-state index contributed by atoms with van der Waals surface area (Å²) < 4.78 is 49.7. The van der Waals surface area contributed by atoms with Crippen molar-refractivity contribution in [2.45, 2.75) is 24.9 Å². The number of halogens is 3. The topological polar surface area (TPSA) is 79.8 Å². The first-order valence-electron chi connectivity index (χ1n) is 10.9. The van der Waals surface area contributed by atoms with Gasteiger partial charge in [0.05, 0.1) is 55.6 Å². The van der Waals surface area contributed by atoms with Crippen molar-refractivity contribution in [3.05, 3.63) is 60.4 Å². The molecule has 11 heteroatoms. The highest BCUT2D eigenvalue weighted by atomic mass is 19.4. The number of alkyl halides is 3. The minimum Gasteiger partial charge on any atom is -0.378 e. The van der Waals surface area contributed by atoms with Gasteiger partial charge in [-0.1, -0.05) is 18.7 Å². The molecule has 0 saturated carbocycles. The largest absolute Gasteiger partial charge is 0.416 e. The van der Waals surface area contributed by atoms with Gasteiger partial charge < -0.3 is 24.6 Å². The number of nitrogens with one attached hydrogen (secondary N) is 1. The van der Waals surface area contributed by atoms with Crippen molar-refractivity contribution < 1.29 is 27.4 Å². The summed E-state index contributed by atoms with van der Waals surface area (Å²) in [5, 5.41) is 3.23. The highest BCUT2D eigenvalue weighted by molar-refractivity contribution is 5.87. The second-order valence-corrected chi connectivity index (χ2v) is 8.11. The number of nitrogens with zero attached hydrogens (tertiary/aromatic N) is 4. The second-order valence-electron chi connectivity index (χ2n) is 8.11. The number of ether oxygens (including phenoxy) is 2. The fraction of sp³-hybridized carbons (Fsp3) is 0.435. The number of hydrogen-bond donors (Lipinski definition) is 1. The number of anilines is 2. The van der Waals surface area contributed by atoms with Crippen LogP contribution >= 0.6 is 0 Å². The first kappa shape index (κ1) is 24.0. The molecule has 3 heterocycles. The van der Waals surface area contributed by atoms with E-state index < -0.39 is 17.8 Å². The SMILES string of the molecule is C=CC(=O)N1CC(Nc2ncc(N3CCOCC3)cn2)C(OCc2ccc(C(F)(F)F)cc2)C1. The fourth-order valence-corrected chi connectivity index (χ4v) is 3.93. The molecule has 1 N–H and O–H groups in total. The van der Waals surface area contributed by atoms with Crippen molar-refractivity contribution in [3.63, 3.8) is 0 Å². The molecular formula is C23H26F3N5O3. The Morgan fingerprint density at radius 2 is 1.85 bits per heavy atom. The summed E-state index contributed by atoms with van der Waals surface area (Å²) in [6.45, 7) is 7.18. The van der Waals surface area contributed by atoms with Crippen molar-refractivity contribution >= 4 is 17.5 Å². The van der Waals surface area contributed by atoms with Crippen molar-refractivity contribution in [1.29, 1.82) is 0 Å². The van der Waals surface area contributed by atoms with Gasteiger partial charge in [0.1, 0.15) is 0 Å². The number of hydrogen-bond acceptors (Lipinski definition) is 7. The maximum atomic E-state index is 12.8. The first-order valence-corrected chi connectivity index (χ1v) is 10.9. The second kappa shape index (κ2) is 10.4. The predicted octanol–water partition coefficient (Wildman–Crippen LogP) is 2.73. The number of amides is 1. The van der Waals surface area contributed by atoms with Crippen LogP contribution in [0.3, 0.4) is 0 Å². The van der Waals surface area contributed by atoms with E-state index in [2.05, 4.69) is 26.8 Å². The summed E-state index contributed by atoms with van der Waals surface area (Å²) in [4.78, 5) is 24.7. The Kier molecular flexibility index (Phi) is 7.32. The Morgan fingerprint density at radius 1 is 1.18 bits per heavy atom. The van der Waals surface area contributed by atoms with Crippen LogP contribution in [0.2, 0.25) is 0 Å². The third-order valence-electron chi connectivity index (χ3n) is 5.83. The van der Waals surface area contributed by atoms with Crippen LogP contribution in [-0.4, -0.2) is 72.3 Å². The minimum atomic E-state index is -4.39. The van der Waals surface area contributed by atoms with Crippen LogP contribution in [0.5, 0.6) is 0 Å². The fourth-order valence-electron chi connectivity index (χ4n) is 3.93. The molecule has 1 amide bonds. The van der Waals surface area contributed by atoms with Crippen LogP contribution < -0.4 is 10.2 Å². The first-order chi connectivity index (χ1) is 16.3. The molecule has 2 saturated heterocycles. The van der Waals surface area contributed by atoms with Gasteiger partial charge in [0.15, 0.2) is 0 Å². The van der Waals surface area contributed by atoms with Crippen LogP contribution in [0.4, 0.5) is 24.8 Å². The monoisotopic (exact) mass is 477 g/mol. The van der Waals surface area contributed by atoms with E-state index in [9.17, 15) is 18.0 Å². The molecule has 34 heavy (non-hydrogen) atoms. The zero-order valence-corrected chi connectivity index (χ0v) is 18.5. The molecule has 0 spiro atoms. The van der Waals surface area contributed by atoms with Gasteiger partial charge in [-0.25, -0.2) is 9.97 Å². The van der Waals surface area contributed by atoms with Gasteiger partial charge >= 0.3 is 6.18 Å². The molecular weight excluding hydrogens is 451 g/mol. The van der Waals surface area contributed by atoms with Crippen molar-refractivity contribution in [2.24, 2.45) is 0 Å². The quantitative estimate of drug-likeness (QED) is 0.615. The minimum absolute atomic E-state index is 0.105. The summed E-state index contributed by atoms with van der Waals surface area (Å²) in [7, 11) is 0. The lowest BCUT2D eigenvalue weighted by Gasteiger charge is -2.28. The smallest absolute Gasteiger partial charge is 0.378 e. The lowest BCUT2D eigenvalue weighted by atomic mass is 10.1. The van der Waals surface area contributed by atoms with Crippen LogP contribution in [0.15, 0.2) is 49.3 Å². The zero-order chi connectivity index (χ0) is 24.1. The van der Waals surface area contributed by atoms with E-state index in [1.54, 1.807) is 17.3 Å². The highest BCUT2D eigenvalue weighted by Crippen LogP contribution is 2.29. The number of aromatic nitrogens is 2. The Balaban J connectivity index is 1.40. The molecule has 2 atom stereocenters. The van der Waals surface area contributed by atoms with Crippen molar-refractivity contribution in [2.75, 3.05) is 49.6 Å². The molecule has 2 fully saturated rings. The molecule has 8 nitrogen and oxygen atoms in total. The number of benzene rings is 1. The van der Waals surface area contributed by atoms with E-state index in [4.69, 9.17) is 9.47 Å². The Morgan fingerprint density at radius 3 is 2.47 bits per heavy atom. The number of rotatable bonds is 7. The summed E-state index contributed by atoms with van der Waals surface area (Å²) in [6, 6.07) is 4.54. The Hall–Kier alpha value is -3.18. The van der Waals surface area contributed by atoms with Crippen LogP contribution in [-0.2, 0) is 27.1 Å². The van der Waals surface area contributed by atoms with E-state index >= 15 is 0 Å². The average molecular weight is 477 g/mol. The molecule has 0 radical (unpaired) electrons. The molecule has 2 aliphatic heterocycles. The van der Waals surface area contributed by atoms with Crippen LogP contribution in [0, 0.1) is 0 Å². The van der Waals surface area contributed by atoms with Crippen molar-refractivity contribution in [3.8, 4) is 0 Å². The lowest BCUT2D eigenvalue weighted by molar-refractivity contribution is -0.137. The van der Waals surface area contributed by atoms with Gasteiger partial charge in [-0.05, 0) is 23.8 Å². The van der Waals surface area contributed by atoms with Gasteiger partial charge in [-0.3, -0.25) is 4.79 Å². The van der Waals surface area contributed by atoms with E-state index in [1.165, 1.54) is 18.2 Å². The summed E-state index contributed by atoms with van der Waals surface area (Å²) in [6.07, 6.45) is -0.0829. The van der Waals surface area contributed by atoms with Gasteiger partial charge in [-0.2, -0.15) is 13.2 Å². The number of likely N-dealkylation sites (tertiary alicyclic amines) is 1. The predicted molar refractivity (Wildman–Crippen MR) is 119 cm³/mol. The summed E-state index contributed by atoms with van der Waals surface area (Å²) >= 11 is 0. The standard InChI is InChI=1S/C23H26F3N5O3/c1-2-21(32)31-13-19(29-22-27-11-18(12-28-22)30-7-9-33-10-8-30)20(14-31)34-15-16-3-5-17(6-4-16)23(24,25)26/h2-6,11-12,19-20H,1,7-10,13-15H2,(H,27,28,29). The summed E-state index contributed by atoms with van der Waals surface area (Å²) in [5.74, 6) is 0.175. The summed E-state index contributed by atoms with van der Waals surface area (Å²) in [5.41, 5.74) is 0.794. The van der Waals surface area contributed by atoms with Gasteiger partial charge in [0.25, 0.3) is 0 Å². The molecule has 4 rings (SSSR count). The van der Waals surface area contributed by atoms with Crippen molar-refractivity contribution in [1.82, 2.24) is 14.9 Å². The molecule has 1 aromatic heterocycles. The Labute approximate surface area is 195 Å². The normalized spacial score (nSPS) is 20.9. The van der Waals surface area contributed by atoms with E-state index in [1.807, 2.05) is 0 Å².